The van der Waals surface area contributed by atoms with Gasteiger partial charge in [0.25, 0.3) is 0 Å². The fourth-order valence-electron chi connectivity index (χ4n) is 1.55. The number of ketones is 1. The number of carbonyl (C=O) groups excluding carboxylic acids is 1. The van der Waals surface area contributed by atoms with Gasteiger partial charge >= 0.3 is 0 Å². The minimum Gasteiger partial charge on any atom is -0.300 e. The number of hydrogen-bond acceptors (Lipinski definition) is 1. The van der Waals surface area contributed by atoms with Gasteiger partial charge in [0.1, 0.15) is 5.78 Å². The van der Waals surface area contributed by atoms with Gasteiger partial charge in [-0.25, -0.2) is 0 Å². The minimum absolute atomic E-state index is 0.474. The van der Waals surface area contributed by atoms with Crippen molar-refractivity contribution in [2.75, 3.05) is 0 Å². The maximum absolute atomic E-state index is 11.4. The highest BCUT2D eigenvalue weighted by Crippen LogP contribution is 2.12. The first kappa shape index (κ1) is 13.7. The summed E-state index contributed by atoms with van der Waals surface area (Å²) >= 11 is 0. The van der Waals surface area contributed by atoms with Crippen molar-refractivity contribution in [3.8, 4) is 0 Å². The van der Waals surface area contributed by atoms with Gasteiger partial charge in [0.2, 0.25) is 0 Å². The molecule has 0 aliphatic rings. The Labute approximate surface area is 89.3 Å². The van der Waals surface area contributed by atoms with Gasteiger partial charge in [0.05, 0.1) is 0 Å². The minimum atomic E-state index is 0.474. The van der Waals surface area contributed by atoms with Crippen molar-refractivity contribution in [1.82, 2.24) is 0 Å². The zero-order chi connectivity index (χ0) is 10.8. The van der Waals surface area contributed by atoms with Crippen molar-refractivity contribution in [2.24, 2.45) is 5.92 Å². The van der Waals surface area contributed by atoms with Crippen molar-refractivity contribution in [3.05, 3.63) is 0 Å². The van der Waals surface area contributed by atoms with E-state index in [9.17, 15) is 4.79 Å². The van der Waals surface area contributed by atoms with Crippen LogP contribution in [0, 0.1) is 5.92 Å². The van der Waals surface area contributed by atoms with E-state index in [4.69, 9.17) is 0 Å². The third kappa shape index (κ3) is 8.28. The van der Waals surface area contributed by atoms with Crippen LogP contribution in [0.3, 0.4) is 0 Å². The quantitative estimate of drug-likeness (QED) is 0.503. The lowest BCUT2D eigenvalue weighted by Gasteiger charge is -2.06. The maximum atomic E-state index is 11.4. The van der Waals surface area contributed by atoms with Gasteiger partial charge in [-0.05, 0) is 18.8 Å². The largest absolute Gasteiger partial charge is 0.300 e. The average Bonchev–Trinajstić information content (AvgIpc) is 2.18. The van der Waals surface area contributed by atoms with Gasteiger partial charge in [-0.1, -0.05) is 46.5 Å². The zero-order valence-corrected chi connectivity index (χ0v) is 10.1. The van der Waals surface area contributed by atoms with Crippen LogP contribution in [0.5, 0.6) is 0 Å². The molecule has 84 valence electrons. The van der Waals surface area contributed by atoms with Crippen LogP contribution in [0.2, 0.25) is 0 Å². The molecule has 0 saturated carbocycles. The normalized spacial score (nSPS) is 12.8. The summed E-state index contributed by atoms with van der Waals surface area (Å²) in [6.45, 7) is 6.66. The SMILES string of the molecule is CCCCCC(=O)CCCC(C)CC. The number of unbranched alkanes of at least 4 members (excludes halogenated alkanes) is 2. The summed E-state index contributed by atoms with van der Waals surface area (Å²) in [6, 6.07) is 0. The molecule has 1 atom stereocenters. The number of Topliss-reactive ketones (excluding diaryl/α,β-unsaturated/α-hetero) is 1. The van der Waals surface area contributed by atoms with E-state index >= 15 is 0 Å². The molecule has 0 aromatic heterocycles. The first-order valence-corrected chi connectivity index (χ1v) is 6.22. The first-order chi connectivity index (χ1) is 6.70. The molecule has 0 amide bonds. The Hall–Kier alpha value is -0.330. The van der Waals surface area contributed by atoms with Crippen molar-refractivity contribution >= 4 is 5.78 Å². The Bertz CT molecular complexity index is 140. The lowest BCUT2D eigenvalue weighted by atomic mass is 9.99. The smallest absolute Gasteiger partial charge is 0.132 e. The predicted octanol–water partition coefficient (Wildman–Crippen LogP) is 4.35. The van der Waals surface area contributed by atoms with Crippen molar-refractivity contribution < 1.29 is 4.79 Å². The molecule has 1 unspecified atom stereocenters. The Morgan fingerprint density at radius 2 is 1.71 bits per heavy atom. The van der Waals surface area contributed by atoms with E-state index in [1.54, 1.807) is 0 Å². The highest BCUT2D eigenvalue weighted by Gasteiger charge is 2.03. The zero-order valence-electron chi connectivity index (χ0n) is 10.1. The second-order valence-corrected chi connectivity index (χ2v) is 4.40. The number of carbonyl (C=O) groups is 1. The van der Waals surface area contributed by atoms with Gasteiger partial charge < -0.3 is 0 Å². The molecule has 0 radical (unpaired) electrons. The molecular formula is C13H26O. The van der Waals surface area contributed by atoms with Crippen LogP contribution in [0.4, 0.5) is 0 Å². The third-order valence-corrected chi connectivity index (χ3v) is 2.91. The molecule has 0 bridgehead atoms. The molecule has 0 fully saturated rings. The van der Waals surface area contributed by atoms with Crippen LogP contribution in [0.15, 0.2) is 0 Å². The first-order valence-electron chi connectivity index (χ1n) is 6.22. The fourth-order valence-corrected chi connectivity index (χ4v) is 1.55. The summed E-state index contributed by atoms with van der Waals surface area (Å²) in [5.74, 6) is 1.26. The Kier molecular flexibility index (Phi) is 9.02. The highest BCUT2D eigenvalue weighted by molar-refractivity contribution is 5.78. The summed E-state index contributed by atoms with van der Waals surface area (Å²) in [6.07, 6.45) is 8.69. The van der Waals surface area contributed by atoms with Gasteiger partial charge in [0.15, 0.2) is 0 Å². The fraction of sp³-hybridized carbons (Fsp3) is 0.923. The number of rotatable bonds is 9. The summed E-state index contributed by atoms with van der Waals surface area (Å²) in [7, 11) is 0. The van der Waals surface area contributed by atoms with E-state index in [1.165, 1.54) is 25.7 Å². The third-order valence-electron chi connectivity index (χ3n) is 2.91. The van der Waals surface area contributed by atoms with E-state index in [0.29, 0.717) is 5.78 Å². The molecule has 0 heterocycles. The van der Waals surface area contributed by atoms with Crippen LogP contribution in [-0.2, 0) is 4.79 Å². The van der Waals surface area contributed by atoms with E-state index in [2.05, 4.69) is 20.8 Å². The standard InChI is InChI=1S/C13H26O/c1-4-6-7-10-13(14)11-8-9-12(3)5-2/h12H,4-11H2,1-3H3. The van der Waals surface area contributed by atoms with Crippen LogP contribution in [0.25, 0.3) is 0 Å². The van der Waals surface area contributed by atoms with Crippen LogP contribution >= 0.6 is 0 Å². The lowest BCUT2D eigenvalue weighted by molar-refractivity contribution is -0.119. The second-order valence-electron chi connectivity index (χ2n) is 4.40. The van der Waals surface area contributed by atoms with E-state index in [0.717, 1.165) is 31.6 Å². The van der Waals surface area contributed by atoms with Gasteiger partial charge in [-0.3, -0.25) is 4.79 Å². The van der Waals surface area contributed by atoms with Crippen LogP contribution < -0.4 is 0 Å². The van der Waals surface area contributed by atoms with Crippen LogP contribution in [0.1, 0.15) is 72.1 Å². The molecule has 0 aliphatic heterocycles. The van der Waals surface area contributed by atoms with Gasteiger partial charge in [-0.2, -0.15) is 0 Å². The molecule has 0 aliphatic carbocycles. The summed E-state index contributed by atoms with van der Waals surface area (Å²) in [5, 5.41) is 0. The van der Waals surface area contributed by atoms with Crippen molar-refractivity contribution in [1.29, 1.82) is 0 Å². The average molecular weight is 198 g/mol. The molecule has 0 aromatic carbocycles. The molecular weight excluding hydrogens is 172 g/mol. The van der Waals surface area contributed by atoms with Crippen molar-refractivity contribution in [2.45, 2.75) is 72.1 Å². The maximum Gasteiger partial charge on any atom is 0.132 e. The summed E-state index contributed by atoms with van der Waals surface area (Å²) in [4.78, 5) is 11.4. The molecule has 0 saturated heterocycles. The lowest BCUT2D eigenvalue weighted by Crippen LogP contribution is -1.99. The molecule has 0 N–H and O–H groups in total. The monoisotopic (exact) mass is 198 g/mol. The number of hydrogen-bond donors (Lipinski definition) is 0. The molecule has 0 rings (SSSR count). The summed E-state index contributed by atoms with van der Waals surface area (Å²) in [5.41, 5.74) is 0. The molecule has 1 nitrogen and oxygen atoms in total. The summed E-state index contributed by atoms with van der Waals surface area (Å²) < 4.78 is 0. The molecule has 0 aromatic rings. The van der Waals surface area contributed by atoms with Gasteiger partial charge in [-0.15, -0.1) is 0 Å². The van der Waals surface area contributed by atoms with Crippen molar-refractivity contribution in [3.63, 3.8) is 0 Å². The van der Waals surface area contributed by atoms with Crippen LogP contribution in [-0.4, -0.2) is 5.78 Å². The molecule has 14 heavy (non-hydrogen) atoms. The Morgan fingerprint density at radius 1 is 1.07 bits per heavy atom. The van der Waals surface area contributed by atoms with E-state index < -0.39 is 0 Å². The van der Waals surface area contributed by atoms with Gasteiger partial charge in [0, 0.05) is 12.8 Å². The topological polar surface area (TPSA) is 17.1 Å². The molecule has 0 spiro atoms. The Morgan fingerprint density at radius 3 is 2.29 bits per heavy atom. The Balaban J connectivity index is 3.26. The highest BCUT2D eigenvalue weighted by atomic mass is 16.1. The predicted molar refractivity (Wildman–Crippen MR) is 62.5 cm³/mol. The van der Waals surface area contributed by atoms with E-state index in [-0.39, 0.29) is 0 Å². The van der Waals surface area contributed by atoms with E-state index in [1.807, 2.05) is 0 Å². The second kappa shape index (κ2) is 9.23. The molecule has 1 heteroatoms.